The number of nitriles is 1. The molecule has 0 aromatic heterocycles. The maximum Gasteiger partial charge on any atom is 0.266 e. The summed E-state index contributed by atoms with van der Waals surface area (Å²) < 4.78 is 0. The van der Waals surface area contributed by atoms with Crippen LogP contribution in [0.5, 0.6) is 0 Å². The summed E-state index contributed by atoms with van der Waals surface area (Å²) in [5, 5.41) is 12.6. The molecule has 0 unspecified atom stereocenters. The first-order valence-corrected chi connectivity index (χ1v) is 8.23. The normalized spacial score (nSPS) is 17.1. The highest BCUT2D eigenvalue weighted by Crippen LogP contribution is 2.35. The lowest BCUT2D eigenvalue weighted by Crippen LogP contribution is -2.46. The van der Waals surface area contributed by atoms with Gasteiger partial charge in [0.25, 0.3) is 5.91 Å². The third kappa shape index (κ3) is 3.19. The van der Waals surface area contributed by atoms with Gasteiger partial charge in [-0.25, -0.2) is 0 Å². The number of carbonyl (C=O) groups is 1. The van der Waals surface area contributed by atoms with Gasteiger partial charge in [-0.05, 0) is 29.8 Å². The fraction of sp³-hybridized carbons (Fsp3) is 0.158. The number of carbonyl (C=O) groups excluding carboxylic acids is 1. The van der Waals surface area contributed by atoms with Gasteiger partial charge in [-0.1, -0.05) is 30.3 Å². The van der Waals surface area contributed by atoms with Crippen LogP contribution in [0.2, 0.25) is 0 Å². The molecule has 5 nitrogen and oxygen atoms in total. The summed E-state index contributed by atoms with van der Waals surface area (Å²) in [6, 6.07) is 19.4. The molecule has 1 aliphatic heterocycles. The summed E-state index contributed by atoms with van der Waals surface area (Å²) in [6.45, 7) is 0. The Kier molecular flexibility index (Phi) is 4.68. The van der Waals surface area contributed by atoms with Gasteiger partial charge >= 0.3 is 0 Å². The van der Waals surface area contributed by atoms with E-state index in [2.05, 4.69) is 17.9 Å². The van der Waals surface area contributed by atoms with Gasteiger partial charge in [-0.15, -0.1) is 12.6 Å². The van der Waals surface area contributed by atoms with Gasteiger partial charge in [0.15, 0.2) is 0 Å². The molecule has 126 valence electrons. The van der Waals surface area contributed by atoms with E-state index in [1.165, 1.54) is 0 Å². The second-order valence-electron chi connectivity index (χ2n) is 5.88. The van der Waals surface area contributed by atoms with Crippen molar-refractivity contribution in [2.45, 2.75) is 6.17 Å². The quantitative estimate of drug-likeness (QED) is 0.836. The molecule has 0 saturated heterocycles. The first-order valence-electron chi connectivity index (χ1n) is 7.78. The molecule has 0 spiro atoms. The highest BCUT2D eigenvalue weighted by molar-refractivity contribution is 7.84. The third-order valence-electron chi connectivity index (χ3n) is 4.08. The van der Waals surface area contributed by atoms with E-state index in [4.69, 9.17) is 0 Å². The van der Waals surface area contributed by atoms with Crippen LogP contribution in [0.15, 0.2) is 65.2 Å². The Bertz CT molecular complexity index is 853. The number of rotatable bonds is 3. The molecule has 25 heavy (non-hydrogen) atoms. The molecule has 0 saturated carbocycles. The molecule has 0 bridgehead atoms. The van der Waals surface area contributed by atoms with Crippen molar-refractivity contribution in [3.05, 3.63) is 70.8 Å². The van der Waals surface area contributed by atoms with E-state index < -0.39 is 12.1 Å². The van der Waals surface area contributed by atoms with Crippen molar-refractivity contribution in [3.8, 4) is 6.07 Å². The number of para-hydroxylation sites is 1. The van der Waals surface area contributed by atoms with Gasteiger partial charge in [-0.3, -0.25) is 4.79 Å². The van der Waals surface area contributed by atoms with E-state index in [0.29, 0.717) is 5.03 Å². The Morgan fingerprint density at radius 3 is 2.32 bits per heavy atom. The maximum absolute atomic E-state index is 12.3. The lowest BCUT2D eigenvalue weighted by Gasteiger charge is -2.38. The van der Waals surface area contributed by atoms with E-state index in [-0.39, 0.29) is 5.57 Å². The minimum atomic E-state index is -0.435. The van der Waals surface area contributed by atoms with Gasteiger partial charge in [-0.2, -0.15) is 5.26 Å². The van der Waals surface area contributed by atoms with Crippen molar-refractivity contribution in [2.75, 3.05) is 23.9 Å². The first kappa shape index (κ1) is 16.9. The topological polar surface area (TPSA) is 59.4 Å². The van der Waals surface area contributed by atoms with E-state index >= 15 is 0 Å². The minimum absolute atomic E-state index is 0.00773. The molecule has 1 aliphatic rings. The SMILES string of the molecule is CN(C)c1ccc([C@@H]2NC(=O)C(C#N)=C(S)N2c2ccccc2)cc1. The van der Waals surface area contributed by atoms with Crippen LogP contribution in [0.3, 0.4) is 0 Å². The lowest BCUT2D eigenvalue weighted by atomic mass is 10.1. The van der Waals surface area contributed by atoms with Crippen LogP contribution in [-0.4, -0.2) is 20.0 Å². The Labute approximate surface area is 152 Å². The molecule has 1 amide bonds. The van der Waals surface area contributed by atoms with Crippen molar-refractivity contribution < 1.29 is 4.79 Å². The second-order valence-corrected chi connectivity index (χ2v) is 6.30. The number of nitrogens with one attached hydrogen (secondary N) is 1. The van der Waals surface area contributed by atoms with Gasteiger partial charge < -0.3 is 15.1 Å². The average Bonchev–Trinajstić information content (AvgIpc) is 2.62. The van der Waals surface area contributed by atoms with Crippen LogP contribution in [0.25, 0.3) is 0 Å². The van der Waals surface area contributed by atoms with Crippen molar-refractivity contribution in [1.29, 1.82) is 5.26 Å². The molecule has 3 rings (SSSR count). The zero-order valence-corrected chi connectivity index (χ0v) is 14.9. The minimum Gasteiger partial charge on any atom is -0.378 e. The highest BCUT2D eigenvalue weighted by Gasteiger charge is 2.33. The zero-order valence-electron chi connectivity index (χ0n) is 14.0. The largest absolute Gasteiger partial charge is 0.378 e. The Balaban J connectivity index is 2.09. The molecule has 1 atom stereocenters. The predicted octanol–water partition coefficient (Wildman–Crippen LogP) is 3.05. The van der Waals surface area contributed by atoms with E-state index in [1.807, 2.05) is 84.6 Å². The molecule has 1 N–H and O–H groups in total. The molecular formula is C19H18N4OS. The number of thiol groups is 1. The fourth-order valence-corrected chi connectivity index (χ4v) is 3.14. The summed E-state index contributed by atoms with van der Waals surface area (Å²) in [7, 11) is 3.95. The summed E-state index contributed by atoms with van der Waals surface area (Å²) in [4.78, 5) is 16.2. The number of nitrogens with zero attached hydrogens (tertiary/aromatic N) is 3. The lowest BCUT2D eigenvalue weighted by molar-refractivity contribution is -0.118. The van der Waals surface area contributed by atoms with Crippen molar-refractivity contribution in [3.63, 3.8) is 0 Å². The number of benzene rings is 2. The second kappa shape index (κ2) is 6.91. The smallest absolute Gasteiger partial charge is 0.266 e. The fourth-order valence-electron chi connectivity index (χ4n) is 2.75. The van der Waals surface area contributed by atoms with E-state index in [9.17, 15) is 10.1 Å². The molecule has 2 aromatic carbocycles. The van der Waals surface area contributed by atoms with Crippen LogP contribution < -0.4 is 15.1 Å². The van der Waals surface area contributed by atoms with Crippen LogP contribution in [0, 0.1) is 11.3 Å². The highest BCUT2D eigenvalue weighted by atomic mass is 32.1. The molecule has 6 heteroatoms. The number of amides is 1. The summed E-state index contributed by atoms with van der Waals surface area (Å²) in [6.07, 6.45) is -0.435. The summed E-state index contributed by atoms with van der Waals surface area (Å²) >= 11 is 4.48. The standard InChI is InChI=1S/C19H18N4OS/c1-22(2)14-10-8-13(9-11-14)17-21-18(24)16(12-20)19(25)23(17)15-6-4-3-5-7-15/h3-11,17,25H,1-2H3,(H,21,24)/t17-/m1/s1. The summed E-state index contributed by atoms with van der Waals surface area (Å²) in [5.74, 6) is -0.415. The third-order valence-corrected chi connectivity index (χ3v) is 4.52. The van der Waals surface area contributed by atoms with Crippen molar-refractivity contribution >= 4 is 29.9 Å². The molecular weight excluding hydrogens is 332 g/mol. The molecule has 0 aliphatic carbocycles. The number of anilines is 2. The van der Waals surface area contributed by atoms with Crippen LogP contribution >= 0.6 is 12.6 Å². The molecule has 1 heterocycles. The van der Waals surface area contributed by atoms with Crippen molar-refractivity contribution in [2.24, 2.45) is 0 Å². The van der Waals surface area contributed by atoms with E-state index in [1.54, 1.807) is 0 Å². The van der Waals surface area contributed by atoms with E-state index in [0.717, 1.165) is 16.9 Å². The van der Waals surface area contributed by atoms with Crippen LogP contribution in [-0.2, 0) is 4.79 Å². The zero-order chi connectivity index (χ0) is 18.0. The number of hydrogen-bond donors (Lipinski definition) is 2. The predicted molar refractivity (Wildman–Crippen MR) is 102 cm³/mol. The Morgan fingerprint density at radius 1 is 1.12 bits per heavy atom. The monoisotopic (exact) mass is 350 g/mol. The van der Waals surface area contributed by atoms with Crippen molar-refractivity contribution in [1.82, 2.24) is 5.32 Å². The molecule has 0 fully saturated rings. The number of hydrogen-bond acceptors (Lipinski definition) is 5. The van der Waals surface area contributed by atoms with Gasteiger partial charge in [0.05, 0.1) is 5.03 Å². The van der Waals surface area contributed by atoms with Gasteiger partial charge in [0.2, 0.25) is 0 Å². The van der Waals surface area contributed by atoms with Crippen LogP contribution in [0.1, 0.15) is 11.7 Å². The van der Waals surface area contributed by atoms with Crippen LogP contribution in [0.4, 0.5) is 11.4 Å². The maximum atomic E-state index is 12.3. The first-order chi connectivity index (χ1) is 12.0. The molecule has 0 radical (unpaired) electrons. The average molecular weight is 350 g/mol. The summed E-state index contributed by atoms with van der Waals surface area (Å²) in [5.41, 5.74) is 2.83. The molecule has 2 aromatic rings. The van der Waals surface area contributed by atoms with Gasteiger partial charge in [0.1, 0.15) is 17.8 Å². The Hall–Kier alpha value is -2.91. The van der Waals surface area contributed by atoms with Gasteiger partial charge in [0, 0.05) is 25.5 Å². The Morgan fingerprint density at radius 2 is 1.76 bits per heavy atom.